The molecule has 0 unspecified atom stereocenters. The van der Waals surface area contributed by atoms with Crippen LogP contribution in [0, 0.1) is 5.92 Å². The number of halogens is 1. The molecule has 1 aliphatic heterocycles. The highest BCUT2D eigenvalue weighted by Crippen LogP contribution is 2.36. The summed E-state index contributed by atoms with van der Waals surface area (Å²) in [5.74, 6) is -0.197. The number of urea groups is 1. The van der Waals surface area contributed by atoms with Crippen LogP contribution in [0.2, 0.25) is 5.02 Å². The SMILES string of the molecule is CC1CCC2(CC1)NC(=O)N(NC(=O)CSc1nc3cc(Cl)ccc3s1)C2=O. The third-order valence-electron chi connectivity index (χ3n) is 5.18. The average Bonchev–Trinajstić information content (AvgIpc) is 3.16. The number of hydrazine groups is 1. The van der Waals surface area contributed by atoms with Gasteiger partial charge in [-0.2, -0.15) is 5.01 Å². The van der Waals surface area contributed by atoms with Crippen molar-refractivity contribution in [3.8, 4) is 0 Å². The summed E-state index contributed by atoms with van der Waals surface area (Å²) in [6.45, 7) is 2.14. The smallest absolute Gasteiger partial charge is 0.322 e. The molecule has 28 heavy (non-hydrogen) atoms. The molecule has 0 atom stereocenters. The van der Waals surface area contributed by atoms with E-state index in [4.69, 9.17) is 11.6 Å². The Kier molecular flexibility index (Phi) is 5.24. The first-order valence-electron chi connectivity index (χ1n) is 9.01. The molecule has 2 heterocycles. The minimum absolute atomic E-state index is 0.0502. The quantitative estimate of drug-likeness (QED) is 0.562. The Morgan fingerprint density at radius 3 is 2.93 bits per heavy atom. The number of thiazole rings is 1. The number of imide groups is 1. The first kappa shape index (κ1) is 19.5. The summed E-state index contributed by atoms with van der Waals surface area (Å²) >= 11 is 8.68. The molecule has 4 rings (SSSR count). The van der Waals surface area contributed by atoms with Gasteiger partial charge in [0, 0.05) is 5.02 Å². The molecular formula is C18H19ClN4O3S2. The molecule has 2 N–H and O–H groups in total. The van der Waals surface area contributed by atoms with E-state index >= 15 is 0 Å². The van der Waals surface area contributed by atoms with Crippen LogP contribution in [0.4, 0.5) is 4.79 Å². The molecule has 1 aliphatic carbocycles. The van der Waals surface area contributed by atoms with Gasteiger partial charge in [-0.1, -0.05) is 30.3 Å². The van der Waals surface area contributed by atoms with Crippen molar-refractivity contribution in [1.82, 2.24) is 20.7 Å². The van der Waals surface area contributed by atoms with Crippen molar-refractivity contribution in [3.05, 3.63) is 23.2 Å². The number of amides is 4. The van der Waals surface area contributed by atoms with Crippen LogP contribution in [-0.4, -0.2) is 39.1 Å². The van der Waals surface area contributed by atoms with Crippen molar-refractivity contribution in [2.75, 3.05) is 5.75 Å². The predicted octanol–water partition coefficient (Wildman–Crippen LogP) is 3.57. The maximum absolute atomic E-state index is 12.8. The average molecular weight is 439 g/mol. The highest BCUT2D eigenvalue weighted by atomic mass is 35.5. The Morgan fingerprint density at radius 1 is 1.43 bits per heavy atom. The van der Waals surface area contributed by atoms with Gasteiger partial charge < -0.3 is 5.32 Å². The van der Waals surface area contributed by atoms with Gasteiger partial charge >= 0.3 is 6.03 Å². The second-order valence-corrected chi connectivity index (χ2v) is 9.94. The van der Waals surface area contributed by atoms with Gasteiger partial charge in [-0.05, 0) is 49.8 Å². The number of fused-ring (bicyclic) bond motifs is 1. The topological polar surface area (TPSA) is 91.4 Å². The van der Waals surface area contributed by atoms with Crippen LogP contribution < -0.4 is 10.7 Å². The van der Waals surface area contributed by atoms with E-state index in [9.17, 15) is 14.4 Å². The largest absolute Gasteiger partial charge is 0.344 e. The van der Waals surface area contributed by atoms with Crippen LogP contribution >= 0.6 is 34.7 Å². The molecule has 2 fully saturated rings. The van der Waals surface area contributed by atoms with Crippen LogP contribution in [0.1, 0.15) is 32.6 Å². The molecule has 10 heteroatoms. The van der Waals surface area contributed by atoms with E-state index in [2.05, 4.69) is 22.7 Å². The monoisotopic (exact) mass is 438 g/mol. The predicted molar refractivity (Wildman–Crippen MR) is 109 cm³/mol. The molecule has 2 aliphatic rings. The van der Waals surface area contributed by atoms with Crippen molar-refractivity contribution in [3.63, 3.8) is 0 Å². The van der Waals surface area contributed by atoms with Crippen LogP contribution in [0.25, 0.3) is 10.2 Å². The number of carbonyl (C=O) groups is 3. The number of nitrogens with one attached hydrogen (secondary N) is 2. The van der Waals surface area contributed by atoms with Crippen molar-refractivity contribution in [2.24, 2.45) is 5.92 Å². The van der Waals surface area contributed by atoms with Crippen LogP contribution in [0.5, 0.6) is 0 Å². The summed E-state index contributed by atoms with van der Waals surface area (Å²) in [6, 6.07) is 4.89. The molecule has 7 nitrogen and oxygen atoms in total. The van der Waals surface area contributed by atoms with Gasteiger partial charge in [0.2, 0.25) is 5.91 Å². The molecule has 148 valence electrons. The fraction of sp³-hybridized carbons (Fsp3) is 0.444. The minimum atomic E-state index is -0.865. The van der Waals surface area contributed by atoms with Crippen molar-refractivity contribution >= 4 is 62.8 Å². The highest BCUT2D eigenvalue weighted by molar-refractivity contribution is 8.01. The summed E-state index contributed by atoms with van der Waals surface area (Å²) in [7, 11) is 0. The Balaban J connectivity index is 1.36. The minimum Gasteiger partial charge on any atom is -0.322 e. The summed E-state index contributed by atoms with van der Waals surface area (Å²) in [5.41, 5.74) is 2.36. The lowest BCUT2D eigenvalue weighted by Crippen LogP contribution is -2.51. The van der Waals surface area contributed by atoms with Gasteiger partial charge in [0.25, 0.3) is 5.91 Å². The highest BCUT2D eigenvalue weighted by Gasteiger charge is 2.52. The van der Waals surface area contributed by atoms with E-state index in [1.54, 1.807) is 12.1 Å². The number of hydrogen-bond acceptors (Lipinski definition) is 6. The van der Waals surface area contributed by atoms with E-state index in [-0.39, 0.29) is 11.7 Å². The van der Waals surface area contributed by atoms with Crippen LogP contribution in [0.3, 0.4) is 0 Å². The third kappa shape index (κ3) is 3.70. The zero-order valence-electron chi connectivity index (χ0n) is 15.2. The molecular weight excluding hydrogens is 420 g/mol. The van der Waals surface area contributed by atoms with Crippen LogP contribution in [0.15, 0.2) is 22.5 Å². The summed E-state index contributed by atoms with van der Waals surface area (Å²) < 4.78 is 1.71. The van der Waals surface area contributed by atoms with Gasteiger partial charge in [0.05, 0.1) is 16.0 Å². The van der Waals surface area contributed by atoms with E-state index in [1.165, 1.54) is 23.1 Å². The summed E-state index contributed by atoms with van der Waals surface area (Å²) in [6.07, 6.45) is 2.97. The van der Waals surface area contributed by atoms with E-state index in [0.717, 1.165) is 32.4 Å². The van der Waals surface area contributed by atoms with Crippen LogP contribution in [-0.2, 0) is 9.59 Å². The van der Waals surface area contributed by atoms with Gasteiger partial charge in [-0.3, -0.25) is 15.0 Å². The molecule has 1 spiro atoms. The molecule has 0 bridgehead atoms. The van der Waals surface area contributed by atoms with E-state index in [1.807, 2.05) is 6.07 Å². The first-order chi connectivity index (χ1) is 13.4. The summed E-state index contributed by atoms with van der Waals surface area (Å²) in [5, 5.41) is 4.22. The number of benzene rings is 1. The number of rotatable bonds is 4. The fourth-order valence-electron chi connectivity index (χ4n) is 3.54. The summed E-state index contributed by atoms with van der Waals surface area (Å²) in [4.78, 5) is 41.8. The number of thioether (sulfide) groups is 1. The maximum Gasteiger partial charge on any atom is 0.344 e. The van der Waals surface area contributed by atoms with Gasteiger partial charge in [-0.25, -0.2) is 9.78 Å². The maximum atomic E-state index is 12.8. The second kappa shape index (κ2) is 7.53. The van der Waals surface area contributed by atoms with Gasteiger partial charge in [-0.15, -0.1) is 11.3 Å². The van der Waals surface area contributed by atoms with E-state index < -0.39 is 17.5 Å². The number of carbonyl (C=O) groups excluding carboxylic acids is 3. The molecule has 1 saturated carbocycles. The van der Waals surface area contributed by atoms with Crippen molar-refractivity contribution < 1.29 is 14.4 Å². The third-order valence-corrected chi connectivity index (χ3v) is 7.60. The Morgan fingerprint density at radius 2 is 2.18 bits per heavy atom. The lowest BCUT2D eigenvalue weighted by atomic mass is 9.77. The molecule has 2 aromatic rings. The molecule has 4 amide bonds. The van der Waals surface area contributed by atoms with Crippen molar-refractivity contribution in [1.29, 1.82) is 0 Å². The molecule has 1 saturated heterocycles. The van der Waals surface area contributed by atoms with Gasteiger partial charge in [0.15, 0.2) is 4.34 Å². The Bertz CT molecular complexity index is 955. The Hall–Kier alpha value is -1.84. The first-order valence-corrected chi connectivity index (χ1v) is 11.2. The number of aromatic nitrogens is 1. The van der Waals surface area contributed by atoms with E-state index in [0.29, 0.717) is 23.8 Å². The Labute approximate surface area is 175 Å². The molecule has 1 aromatic heterocycles. The zero-order valence-corrected chi connectivity index (χ0v) is 17.5. The lowest BCUT2D eigenvalue weighted by Gasteiger charge is -2.33. The number of hydrogen-bond donors (Lipinski definition) is 2. The van der Waals surface area contributed by atoms with Gasteiger partial charge in [0.1, 0.15) is 5.54 Å². The molecule has 1 aromatic carbocycles. The van der Waals surface area contributed by atoms with Crippen molar-refractivity contribution in [2.45, 2.75) is 42.5 Å². The lowest BCUT2D eigenvalue weighted by molar-refractivity contribution is -0.139. The standard InChI is InChI=1S/C18H19ClN4O3S2/c1-10-4-6-18(7-5-10)15(25)23(16(26)21-18)22-14(24)9-27-17-20-12-8-11(19)2-3-13(12)28-17/h2-3,8,10H,4-7,9H2,1H3,(H,21,26)(H,22,24). The fourth-order valence-corrected chi connectivity index (χ4v) is 5.55. The zero-order chi connectivity index (χ0) is 19.9. The number of nitrogens with zero attached hydrogens (tertiary/aromatic N) is 2. The normalized spacial score (nSPS) is 24.8. The molecule has 0 radical (unpaired) electrons. The second-order valence-electron chi connectivity index (χ2n) is 7.25.